The highest BCUT2D eigenvalue weighted by atomic mass is 32.2. The molecule has 3 aliphatic rings. The zero-order chi connectivity index (χ0) is 20.3. The maximum Gasteiger partial charge on any atom is 0.244 e. The average Bonchev–Trinajstić information content (AvgIpc) is 2.80. The Morgan fingerprint density at radius 3 is 2.14 bits per heavy atom. The number of anilines is 1. The van der Waals surface area contributed by atoms with E-state index in [0.29, 0.717) is 52.6 Å². The van der Waals surface area contributed by atoms with Gasteiger partial charge in [0.05, 0.1) is 26.4 Å². The van der Waals surface area contributed by atoms with Crippen LogP contribution in [0.15, 0.2) is 23.2 Å². The first-order valence-corrected chi connectivity index (χ1v) is 11.6. The number of nitrogens with zero attached hydrogens (tertiary/aromatic N) is 4. The van der Waals surface area contributed by atoms with Crippen molar-refractivity contribution in [2.24, 2.45) is 5.92 Å². The van der Waals surface area contributed by atoms with Crippen molar-refractivity contribution in [3.05, 3.63) is 18.3 Å². The Bertz CT molecular complexity index is 796. The molecular weight excluding hydrogens is 396 g/mol. The highest BCUT2D eigenvalue weighted by Gasteiger charge is 2.30. The van der Waals surface area contributed by atoms with Crippen molar-refractivity contribution in [2.75, 3.05) is 70.6 Å². The van der Waals surface area contributed by atoms with E-state index in [-0.39, 0.29) is 16.7 Å². The normalized spacial score (nSPS) is 22.6. The highest BCUT2D eigenvalue weighted by Crippen LogP contribution is 2.25. The van der Waals surface area contributed by atoms with Gasteiger partial charge in [0, 0.05) is 51.4 Å². The fourth-order valence-corrected chi connectivity index (χ4v) is 5.40. The number of pyridine rings is 1. The fraction of sp³-hybridized carbons (Fsp3) is 0.684. The van der Waals surface area contributed by atoms with Gasteiger partial charge in [-0.05, 0) is 25.0 Å². The molecule has 10 heteroatoms. The Kier molecular flexibility index (Phi) is 6.33. The van der Waals surface area contributed by atoms with Crippen molar-refractivity contribution < 1.29 is 22.7 Å². The number of amides is 1. The standard InChI is InChI=1S/C19H28N4O5S/c24-19(22-7-11-27-12-8-22)16-3-5-21(6-4-16)18-2-1-17(15-20-18)29(25,26)23-9-13-28-14-10-23/h1-2,15-16H,3-14H2. The minimum atomic E-state index is -3.53. The second-order valence-electron chi connectivity index (χ2n) is 7.57. The number of rotatable bonds is 4. The number of piperidine rings is 1. The van der Waals surface area contributed by atoms with Crippen LogP contribution >= 0.6 is 0 Å². The van der Waals surface area contributed by atoms with Gasteiger partial charge in [0.1, 0.15) is 10.7 Å². The summed E-state index contributed by atoms with van der Waals surface area (Å²) in [6.07, 6.45) is 3.00. The molecule has 0 saturated carbocycles. The van der Waals surface area contributed by atoms with Crippen LogP contribution in [0.4, 0.5) is 5.82 Å². The van der Waals surface area contributed by atoms with Crippen molar-refractivity contribution in [3.63, 3.8) is 0 Å². The van der Waals surface area contributed by atoms with Crippen molar-refractivity contribution >= 4 is 21.7 Å². The molecule has 3 fully saturated rings. The lowest BCUT2D eigenvalue weighted by molar-refractivity contribution is -0.140. The summed E-state index contributed by atoms with van der Waals surface area (Å²) in [7, 11) is -3.53. The predicted molar refractivity (Wildman–Crippen MR) is 106 cm³/mol. The number of hydrogen-bond donors (Lipinski definition) is 0. The average molecular weight is 425 g/mol. The van der Waals surface area contributed by atoms with Crippen LogP contribution < -0.4 is 4.90 Å². The van der Waals surface area contributed by atoms with Crippen molar-refractivity contribution in [2.45, 2.75) is 17.7 Å². The number of carbonyl (C=O) groups excluding carboxylic acids is 1. The van der Waals surface area contributed by atoms with E-state index in [9.17, 15) is 13.2 Å². The van der Waals surface area contributed by atoms with E-state index >= 15 is 0 Å². The van der Waals surface area contributed by atoms with Crippen LogP contribution in [0.3, 0.4) is 0 Å². The van der Waals surface area contributed by atoms with Crippen LogP contribution in [0.2, 0.25) is 0 Å². The Balaban J connectivity index is 1.35. The predicted octanol–water partition coefficient (Wildman–Crippen LogP) is 0.178. The molecule has 3 saturated heterocycles. The first-order valence-electron chi connectivity index (χ1n) is 10.2. The maximum absolute atomic E-state index is 12.7. The summed E-state index contributed by atoms with van der Waals surface area (Å²) in [6, 6.07) is 3.38. The van der Waals surface area contributed by atoms with Gasteiger partial charge in [0.15, 0.2) is 0 Å². The lowest BCUT2D eigenvalue weighted by Crippen LogP contribution is -2.47. The molecule has 1 aromatic heterocycles. The Morgan fingerprint density at radius 2 is 1.55 bits per heavy atom. The number of ether oxygens (including phenoxy) is 2. The van der Waals surface area contributed by atoms with E-state index in [4.69, 9.17) is 9.47 Å². The summed E-state index contributed by atoms with van der Waals surface area (Å²) < 4.78 is 37.4. The number of sulfonamides is 1. The monoisotopic (exact) mass is 424 g/mol. The number of aromatic nitrogens is 1. The van der Waals surface area contributed by atoms with Gasteiger partial charge in [-0.3, -0.25) is 4.79 Å². The van der Waals surface area contributed by atoms with E-state index < -0.39 is 10.0 Å². The number of carbonyl (C=O) groups is 1. The Hall–Kier alpha value is -1.75. The lowest BCUT2D eigenvalue weighted by Gasteiger charge is -2.36. The fourth-order valence-electron chi connectivity index (χ4n) is 4.05. The first-order chi connectivity index (χ1) is 14.1. The van der Waals surface area contributed by atoms with Gasteiger partial charge in [-0.15, -0.1) is 0 Å². The molecule has 3 aliphatic heterocycles. The number of hydrogen-bond acceptors (Lipinski definition) is 7. The van der Waals surface area contributed by atoms with Crippen LogP contribution in [0, 0.1) is 5.92 Å². The summed E-state index contributed by atoms with van der Waals surface area (Å²) in [5, 5.41) is 0. The zero-order valence-electron chi connectivity index (χ0n) is 16.5. The molecule has 29 heavy (non-hydrogen) atoms. The number of morpholine rings is 2. The van der Waals surface area contributed by atoms with Crippen LogP contribution in [0.25, 0.3) is 0 Å². The summed E-state index contributed by atoms with van der Waals surface area (Å²) in [6.45, 7) is 5.66. The molecule has 1 amide bonds. The van der Waals surface area contributed by atoms with Crippen LogP contribution in [-0.4, -0.2) is 94.2 Å². The van der Waals surface area contributed by atoms with Crippen molar-refractivity contribution in [1.82, 2.24) is 14.2 Å². The molecule has 1 aromatic rings. The van der Waals surface area contributed by atoms with Gasteiger partial charge in [-0.1, -0.05) is 0 Å². The quantitative estimate of drug-likeness (QED) is 0.681. The maximum atomic E-state index is 12.7. The summed E-state index contributed by atoms with van der Waals surface area (Å²) >= 11 is 0. The SMILES string of the molecule is O=C(C1CCN(c2ccc(S(=O)(=O)N3CCOCC3)cn2)CC1)N1CCOCC1. The second kappa shape index (κ2) is 8.95. The van der Waals surface area contributed by atoms with Crippen LogP contribution in [0.1, 0.15) is 12.8 Å². The highest BCUT2D eigenvalue weighted by molar-refractivity contribution is 7.89. The van der Waals surface area contributed by atoms with Gasteiger partial charge in [0.25, 0.3) is 0 Å². The molecule has 9 nitrogen and oxygen atoms in total. The van der Waals surface area contributed by atoms with Gasteiger partial charge >= 0.3 is 0 Å². The van der Waals surface area contributed by atoms with Gasteiger partial charge in [-0.2, -0.15) is 4.31 Å². The van der Waals surface area contributed by atoms with E-state index in [2.05, 4.69) is 9.88 Å². The van der Waals surface area contributed by atoms with Crippen LogP contribution in [-0.2, 0) is 24.3 Å². The molecule has 4 rings (SSSR count). The molecule has 0 spiro atoms. The summed E-state index contributed by atoms with van der Waals surface area (Å²) in [4.78, 5) is 21.3. The first kappa shape index (κ1) is 20.5. The smallest absolute Gasteiger partial charge is 0.244 e. The molecule has 0 bridgehead atoms. The Labute approximate surface area is 171 Å². The molecule has 0 unspecified atom stereocenters. The third kappa shape index (κ3) is 4.55. The van der Waals surface area contributed by atoms with Gasteiger partial charge in [-0.25, -0.2) is 13.4 Å². The van der Waals surface area contributed by atoms with Gasteiger partial charge in [0.2, 0.25) is 15.9 Å². The zero-order valence-corrected chi connectivity index (χ0v) is 17.3. The Morgan fingerprint density at radius 1 is 0.931 bits per heavy atom. The molecule has 160 valence electrons. The summed E-state index contributed by atoms with van der Waals surface area (Å²) in [5.74, 6) is 1.03. The molecule has 0 atom stereocenters. The molecular formula is C19H28N4O5S. The van der Waals surface area contributed by atoms with E-state index in [1.807, 2.05) is 4.90 Å². The minimum absolute atomic E-state index is 0.0466. The second-order valence-corrected chi connectivity index (χ2v) is 9.51. The lowest BCUT2D eigenvalue weighted by atomic mass is 9.95. The third-order valence-electron chi connectivity index (χ3n) is 5.82. The van der Waals surface area contributed by atoms with Crippen LogP contribution in [0.5, 0.6) is 0 Å². The van der Waals surface area contributed by atoms with Crippen molar-refractivity contribution in [1.29, 1.82) is 0 Å². The van der Waals surface area contributed by atoms with E-state index in [1.165, 1.54) is 10.5 Å². The third-order valence-corrected chi connectivity index (χ3v) is 7.70. The molecule has 0 aromatic carbocycles. The summed E-state index contributed by atoms with van der Waals surface area (Å²) in [5.41, 5.74) is 0. The van der Waals surface area contributed by atoms with E-state index in [1.54, 1.807) is 12.1 Å². The molecule has 0 N–H and O–H groups in total. The topological polar surface area (TPSA) is 92.3 Å². The van der Waals surface area contributed by atoms with E-state index in [0.717, 1.165) is 31.7 Å². The van der Waals surface area contributed by atoms with Crippen molar-refractivity contribution in [3.8, 4) is 0 Å². The molecule has 0 radical (unpaired) electrons. The largest absolute Gasteiger partial charge is 0.379 e. The van der Waals surface area contributed by atoms with Gasteiger partial charge < -0.3 is 19.3 Å². The molecule has 4 heterocycles. The minimum Gasteiger partial charge on any atom is -0.379 e. The molecule has 0 aliphatic carbocycles.